The number of benzene rings is 1. The highest BCUT2D eigenvalue weighted by Crippen LogP contribution is 2.37. The third kappa shape index (κ3) is 5.38. The van der Waals surface area contributed by atoms with Gasteiger partial charge in [0.25, 0.3) is 5.91 Å². The van der Waals surface area contributed by atoms with Gasteiger partial charge < -0.3 is 10.6 Å². The number of hydrogen-bond acceptors (Lipinski definition) is 5. The van der Waals surface area contributed by atoms with E-state index in [1.165, 1.54) is 24.4 Å². The van der Waals surface area contributed by atoms with Gasteiger partial charge in [-0.2, -0.15) is 18.4 Å². The number of carbonyl (C=O) groups excluding carboxylic acids is 2. The van der Waals surface area contributed by atoms with Crippen molar-refractivity contribution in [3.63, 3.8) is 0 Å². The number of pyridine rings is 2. The third-order valence-electron chi connectivity index (χ3n) is 5.21. The molecule has 1 saturated carbocycles. The number of alkyl halides is 3. The maximum absolute atomic E-state index is 13.4. The summed E-state index contributed by atoms with van der Waals surface area (Å²) in [5.74, 6) is -1.84. The molecule has 0 aliphatic heterocycles. The maximum atomic E-state index is 13.4. The summed E-state index contributed by atoms with van der Waals surface area (Å²) in [5.41, 5.74) is 0.818. The van der Waals surface area contributed by atoms with Crippen LogP contribution in [0.3, 0.4) is 0 Å². The molecule has 1 aliphatic carbocycles. The van der Waals surface area contributed by atoms with Gasteiger partial charge in [0.2, 0.25) is 5.91 Å². The largest absolute Gasteiger partial charge is 0.419 e. The fourth-order valence-corrected chi connectivity index (χ4v) is 3.19. The molecule has 2 amide bonds. The first-order chi connectivity index (χ1) is 16.2. The average Bonchev–Trinajstić information content (AvgIpc) is 3.68. The Labute approximate surface area is 192 Å². The van der Waals surface area contributed by atoms with E-state index in [-0.39, 0.29) is 23.9 Å². The van der Waals surface area contributed by atoms with Gasteiger partial charge in [-0.3, -0.25) is 14.6 Å². The van der Waals surface area contributed by atoms with Crippen LogP contribution in [0.15, 0.2) is 54.7 Å². The lowest BCUT2D eigenvalue weighted by Crippen LogP contribution is -2.23. The van der Waals surface area contributed by atoms with Crippen molar-refractivity contribution in [2.45, 2.75) is 25.6 Å². The summed E-state index contributed by atoms with van der Waals surface area (Å²) < 4.78 is 40.2. The molecule has 7 nitrogen and oxygen atoms in total. The minimum absolute atomic E-state index is 0.0522. The van der Waals surface area contributed by atoms with Crippen LogP contribution in [0.2, 0.25) is 0 Å². The molecule has 0 saturated heterocycles. The highest BCUT2D eigenvalue weighted by atomic mass is 19.4. The molecule has 4 rings (SSSR count). The Morgan fingerprint density at radius 1 is 1.09 bits per heavy atom. The molecule has 0 spiro atoms. The Hall–Kier alpha value is -4.26. The maximum Gasteiger partial charge on any atom is 0.419 e. The van der Waals surface area contributed by atoms with Gasteiger partial charge >= 0.3 is 6.18 Å². The third-order valence-corrected chi connectivity index (χ3v) is 5.21. The minimum Gasteiger partial charge on any atom is -0.347 e. The number of hydrogen-bond donors (Lipinski definition) is 2. The zero-order valence-electron chi connectivity index (χ0n) is 17.7. The van der Waals surface area contributed by atoms with Gasteiger partial charge in [-0.05, 0) is 54.8 Å². The summed E-state index contributed by atoms with van der Waals surface area (Å²) >= 11 is 0. The molecule has 3 aromatic rings. The molecule has 0 unspecified atom stereocenters. The van der Waals surface area contributed by atoms with Gasteiger partial charge in [0.15, 0.2) is 0 Å². The molecule has 1 fully saturated rings. The van der Waals surface area contributed by atoms with Gasteiger partial charge in [-0.15, -0.1) is 0 Å². The zero-order valence-corrected chi connectivity index (χ0v) is 17.7. The van der Waals surface area contributed by atoms with Crippen molar-refractivity contribution in [1.29, 1.82) is 5.26 Å². The molecule has 1 aromatic carbocycles. The van der Waals surface area contributed by atoms with E-state index in [1.54, 1.807) is 24.3 Å². The first-order valence-electron chi connectivity index (χ1n) is 10.4. The second kappa shape index (κ2) is 9.31. The molecule has 2 aromatic heterocycles. The van der Waals surface area contributed by atoms with Crippen LogP contribution >= 0.6 is 0 Å². The van der Waals surface area contributed by atoms with Crippen LogP contribution in [-0.4, -0.2) is 21.8 Å². The van der Waals surface area contributed by atoms with Crippen molar-refractivity contribution in [3.05, 3.63) is 77.1 Å². The van der Waals surface area contributed by atoms with Gasteiger partial charge in [0.1, 0.15) is 11.5 Å². The van der Waals surface area contributed by atoms with Crippen molar-refractivity contribution in [3.8, 4) is 17.3 Å². The number of nitriles is 1. The van der Waals surface area contributed by atoms with E-state index >= 15 is 0 Å². The van der Waals surface area contributed by atoms with Gasteiger partial charge in [-0.1, -0.05) is 12.1 Å². The summed E-state index contributed by atoms with van der Waals surface area (Å²) in [5, 5.41) is 13.8. The lowest BCUT2D eigenvalue weighted by molar-refractivity contribution is -0.137. The van der Waals surface area contributed by atoms with Crippen molar-refractivity contribution in [2.75, 3.05) is 5.32 Å². The normalized spacial score (nSPS) is 13.1. The molecule has 10 heteroatoms. The van der Waals surface area contributed by atoms with Crippen LogP contribution in [-0.2, 0) is 17.5 Å². The smallest absolute Gasteiger partial charge is 0.347 e. The minimum atomic E-state index is -4.69. The predicted molar refractivity (Wildman–Crippen MR) is 116 cm³/mol. The van der Waals surface area contributed by atoms with E-state index in [1.807, 2.05) is 6.07 Å². The van der Waals surface area contributed by atoms with Crippen molar-refractivity contribution in [2.24, 2.45) is 5.92 Å². The Balaban J connectivity index is 1.54. The predicted octanol–water partition coefficient (Wildman–Crippen LogP) is 4.31. The van der Waals surface area contributed by atoms with Crippen molar-refractivity contribution < 1.29 is 22.8 Å². The Morgan fingerprint density at radius 3 is 2.47 bits per heavy atom. The van der Waals surface area contributed by atoms with E-state index in [4.69, 9.17) is 5.26 Å². The van der Waals surface area contributed by atoms with Crippen LogP contribution in [0.5, 0.6) is 0 Å². The lowest BCUT2D eigenvalue weighted by Gasteiger charge is -2.14. The molecular formula is C24H18F3N5O2. The van der Waals surface area contributed by atoms with Gasteiger partial charge in [0.05, 0.1) is 22.9 Å². The Bertz CT molecular complexity index is 1280. The second-order valence-electron chi connectivity index (χ2n) is 7.78. The molecule has 34 heavy (non-hydrogen) atoms. The molecule has 0 bridgehead atoms. The Kier molecular flexibility index (Phi) is 6.27. The molecular weight excluding hydrogens is 447 g/mol. The second-order valence-corrected chi connectivity index (χ2v) is 7.78. The topological polar surface area (TPSA) is 108 Å². The average molecular weight is 465 g/mol. The van der Waals surface area contributed by atoms with Crippen LogP contribution in [0.1, 0.15) is 40.0 Å². The summed E-state index contributed by atoms with van der Waals surface area (Å²) in [6.07, 6.45) is -2.06. The summed E-state index contributed by atoms with van der Waals surface area (Å²) in [6.45, 7) is 0.201. The summed E-state index contributed by atoms with van der Waals surface area (Å²) in [4.78, 5) is 32.7. The lowest BCUT2D eigenvalue weighted by atomic mass is 10.1. The van der Waals surface area contributed by atoms with Crippen LogP contribution in [0.4, 0.5) is 19.0 Å². The van der Waals surface area contributed by atoms with E-state index in [0.717, 1.165) is 11.6 Å². The fraction of sp³-hybridized carbons (Fsp3) is 0.208. The van der Waals surface area contributed by atoms with Crippen LogP contribution < -0.4 is 10.6 Å². The molecule has 2 N–H and O–H groups in total. The Morgan fingerprint density at radius 2 is 1.82 bits per heavy atom. The van der Waals surface area contributed by atoms with E-state index in [2.05, 4.69) is 20.6 Å². The number of anilines is 1. The summed E-state index contributed by atoms with van der Waals surface area (Å²) in [6, 6.07) is 13.7. The highest BCUT2D eigenvalue weighted by molar-refractivity contribution is 5.95. The van der Waals surface area contributed by atoms with Crippen LogP contribution in [0.25, 0.3) is 11.3 Å². The molecule has 2 heterocycles. The number of nitrogens with one attached hydrogen (secondary N) is 2. The highest BCUT2D eigenvalue weighted by Gasteiger charge is 2.37. The SMILES string of the molecule is N#Cc1ccc(CNC(=O)c2cc(-c3ccc(C(F)(F)F)c(NC(=O)C4CC4)n3)ccn2)cc1. The van der Waals surface area contributed by atoms with Gasteiger partial charge in [0, 0.05) is 24.2 Å². The van der Waals surface area contributed by atoms with Gasteiger partial charge in [-0.25, -0.2) is 4.98 Å². The number of carbonyl (C=O) groups is 2. The zero-order chi connectivity index (χ0) is 24.3. The van der Waals surface area contributed by atoms with E-state index in [9.17, 15) is 22.8 Å². The monoisotopic (exact) mass is 465 g/mol. The van der Waals surface area contributed by atoms with E-state index < -0.39 is 29.4 Å². The number of amides is 2. The fourth-order valence-electron chi connectivity index (χ4n) is 3.19. The molecule has 172 valence electrons. The number of halogens is 3. The summed E-state index contributed by atoms with van der Waals surface area (Å²) in [7, 11) is 0. The molecule has 1 aliphatic rings. The first-order valence-corrected chi connectivity index (χ1v) is 10.4. The molecule has 0 radical (unpaired) electrons. The van der Waals surface area contributed by atoms with Crippen molar-refractivity contribution >= 4 is 17.6 Å². The number of rotatable bonds is 6. The van der Waals surface area contributed by atoms with Crippen molar-refractivity contribution in [1.82, 2.24) is 15.3 Å². The quantitative estimate of drug-likeness (QED) is 0.564. The number of nitrogens with zero attached hydrogens (tertiary/aromatic N) is 3. The standard InChI is InChI=1S/C24H18F3N5O2/c25-24(26,27)18-7-8-19(31-21(18)32-22(33)16-5-6-16)17-9-10-29-20(11-17)23(34)30-13-15-3-1-14(12-28)2-4-15/h1-4,7-11,16H,5-6,13H2,(H,30,34)(H,31,32,33). The molecule has 0 atom stereocenters. The first kappa shape index (κ1) is 22.9. The number of aromatic nitrogens is 2. The van der Waals surface area contributed by atoms with E-state index in [0.29, 0.717) is 24.0 Å². The van der Waals surface area contributed by atoms with Crippen LogP contribution in [0, 0.1) is 17.2 Å².